The molecule has 0 aliphatic heterocycles. The van der Waals surface area contributed by atoms with Crippen LogP contribution in [-0.4, -0.2) is 33.5 Å². The highest BCUT2D eigenvalue weighted by Gasteiger charge is 2.26. The number of sulfonamides is 1. The number of nitrogens with one attached hydrogen (secondary N) is 2. The number of hydrazone groups is 2. The van der Waals surface area contributed by atoms with Crippen LogP contribution in [0, 0.1) is 0 Å². The maximum Gasteiger partial charge on any atom is 0.281 e. The Labute approximate surface area is 194 Å². The molecule has 1 amide bonds. The van der Waals surface area contributed by atoms with E-state index in [0.29, 0.717) is 10.6 Å². The van der Waals surface area contributed by atoms with E-state index in [1.54, 1.807) is 35.7 Å². The molecule has 1 aromatic heterocycles. The number of nitrogens with zero attached hydrogens (tertiary/aromatic N) is 2. The standard InChI is InChI=1S/C20H19N5O5S3/c1-14(22-24-19(26)18-8-5-13-31-18)20(32(27,28)16-6-3-2-4-7-16)25-23-15-9-11-17(12-10-15)33(21,29)30/h2-13,23H,1H3,(H,24,26)(H2,21,29,30)/b22-14+,25-20+. The van der Waals surface area contributed by atoms with Crippen LogP contribution in [0.3, 0.4) is 0 Å². The number of rotatable bonds is 7. The third kappa shape index (κ3) is 6.10. The van der Waals surface area contributed by atoms with Crippen LogP contribution in [0.2, 0.25) is 0 Å². The number of carbonyl (C=O) groups excluding carboxylic acids is 1. The molecule has 1 heterocycles. The first kappa shape index (κ1) is 24.3. The summed E-state index contributed by atoms with van der Waals surface area (Å²) in [6, 6.07) is 16.2. The number of thiophene rings is 1. The van der Waals surface area contributed by atoms with Crippen LogP contribution in [0.1, 0.15) is 16.6 Å². The molecule has 10 nitrogen and oxygen atoms in total. The molecular formula is C20H19N5O5S3. The molecule has 33 heavy (non-hydrogen) atoms. The van der Waals surface area contributed by atoms with Crippen LogP contribution in [0.15, 0.2) is 92.1 Å². The van der Waals surface area contributed by atoms with Gasteiger partial charge in [0.05, 0.1) is 26.1 Å². The first-order valence-electron chi connectivity index (χ1n) is 9.24. The number of anilines is 1. The molecule has 0 saturated carbocycles. The van der Waals surface area contributed by atoms with Crippen LogP contribution in [0.25, 0.3) is 0 Å². The molecule has 0 bridgehead atoms. The van der Waals surface area contributed by atoms with Gasteiger partial charge in [0, 0.05) is 0 Å². The molecule has 0 aliphatic carbocycles. The van der Waals surface area contributed by atoms with Gasteiger partial charge in [0.15, 0.2) is 0 Å². The van der Waals surface area contributed by atoms with Crippen molar-refractivity contribution < 1.29 is 21.6 Å². The van der Waals surface area contributed by atoms with Gasteiger partial charge in [-0.1, -0.05) is 24.3 Å². The molecule has 0 radical (unpaired) electrons. The number of primary sulfonamides is 1. The Morgan fingerprint density at radius 1 is 0.879 bits per heavy atom. The Morgan fingerprint density at radius 3 is 2.12 bits per heavy atom. The predicted molar refractivity (Wildman–Crippen MR) is 127 cm³/mol. The van der Waals surface area contributed by atoms with Crippen molar-refractivity contribution in [3.63, 3.8) is 0 Å². The molecule has 2 aromatic carbocycles. The summed E-state index contributed by atoms with van der Waals surface area (Å²) in [4.78, 5) is 12.5. The highest BCUT2D eigenvalue weighted by Crippen LogP contribution is 2.16. The maximum atomic E-state index is 13.2. The summed E-state index contributed by atoms with van der Waals surface area (Å²) >= 11 is 1.21. The topological polar surface area (TPSA) is 160 Å². The number of hydrogen-bond acceptors (Lipinski definition) is 9. The van der Waals surface area contributed by atoms with Crippen LogP contribution in [0.4, 0.5) is 5.69 Å². The van der Waals surface area contributed by atoms with Crippen molar-refractivity contribution in [3.8, 4) is 0 Å². The van der Waals surface area contributed by atoms with Crippen molar-refractivity contribution in [1.82, 2.24) is 5.43 Å². The summed E-state index contributed by atoms with van der Waals surface area (Å²) in [5.41, 5.74) is 5.13. The lowest BCUT2D eigenvalue weighted by atomic mass is 10.3. The maximum absolute atomic E-state index is 13.2. The Kier molecular flexibility index (Phi) is 7.38. The molecule has 0 fully saturated rings. The van der Waals surface area contributed by atoms with Gasteiger partial charge >= 0.3 is 0 Å². The van der Waals surface area contributed by atoms with E-state index in [0.717, 1.165) is 0 Å². The Balaban J connectivity index is 1.94. The zero-order valence-corrected chi connectivity index (χ0v) is 19.6. The van der Waals surface area contributed by atoms with E-state index in [-0.39, 0.29) is 15.5 Å². The SMILES string of the molecule is CC(=N\NC(=O)c1cccs1)/C(=N\Nc1ccc(S(N)(=O)=O)cc1)S(=O)(=O)c1ccccc1. The summed E-state index contributed by atoms with van der Waals surface area (Å²) in [6.07, 6.45) is 0. The third-order valence-electron chi connectivity index (χ3n) is 4.16. The zero-order chi connectivity index (χ0) is 24.1. The summed E-state index contributed by atoms with van der Waals surface area (Å²) in [6.45, 7) is 1.39. The van der Waals surface area contributed by atoms with E-state index < -0.39 is 30.8 Å². The van der Waals surface area contributed by atoms with E-state index in [2.05, 4.69) is 21.1 Å². The minimum absolute atomic E-state index is 0.0192. The van der Waals surface area contributed by atoms with Gasteiger partial charge in [-0.2, -0.15) is 10.2 Å². The number of amides is 1. The second-order valence-electron chi connectivity index (χ2n) is 6.53. The van der Waals surface area contributed by atoms with Gasteiger partial charge in [0.25, 0.3) is 5.91 Å². The molecule has 0 saturated heterocycles. The van der Waals surface area contributed by atoms with E-state index in [9.17, 15) is 21.6 Å². The predicted octanol–water partition coefficient (Wildman–Crippen LogP) is 2.40. The highest BCUT2D eigenvalue weighted by molar-refractivity contribution is 8.08. The molecule has 172 valence electrons. The lowest BCUT2D eigenvalue weighted by molar-refractivity contribution is 0.0959. The third-order valence-corrected chi connectivity index (χ3v) is 7.74. The zero-order valence-electron chi connectivity index (χ0n) is 17.2. The highest BCUT2D eigenvalue weighted by atomic mass is 32.2. The molecule has 0 unspecified atom stereocenters. The number of benzene rings is 2. The lowest BCUT2D eigenvalue weighted by Crippen LogP contribution is -2.27. The van der Waals surface area contributed by atoms with Gasteiger partial charge in [0.1, 0.15) is 0 Å². The van der Waals surface area contributed by atoms with Crippen LogP contribution in [-0.2, 0) is 19.9 Å². The minimum atomic E-state index is -4.11. The average molecular weight is 506 g/mol. The van der Waals surface area contributed by atoms with Crippen molar-refractivity contribution in [3.05, 3.63) is 77.0 Å². The van der Waals surface area contributed by atoms with E-state index in [1.807, 2.05) is 0 Å². The summed E-state index contributed by atoms with van der Waals surface area (Å²) < 4.78 is 49.2. The van der Waals surface area contributed by atoms with Crippen molar-refractivity contribution in [2.24, 2.45) is 15.3 Å². The first-order valence-corrected chi connectivity index (χ1v) is 13.1. The van der Waals surface area contributed by atoms with Gasteiger partial charge in [0.2, 0.25) is 24.9 Å². The molecule has 4 N–H and O–H groups in total. The fourth-order valence-electron chi connectivity index (χ4n) is 2.53. The molecule has 0 aliphatic rings. The molecule has 3 rings (SSSR count). The summed E-state index contributed by atoms with van der Waals surface area (Å²) in [5.74, 6) is -0.493. The molecule has 0 atom stereocenters. The monoisotopic (exact) mass is 505 g/mol. The smallest absolute Gasteiger partial charge is 0.277 e. The number of sulfone groups is 1. The van der Waals surface area contributed by atoms with Gasteiger partial charge in [-0.05, 0) is 54.8 Å². The van der Waals surface area contributed by atoms with Gasteiger partial charge in [-0.25, -0.2) is 27.4 Å². The number of hydrogen-bond donors (Lipinski definition) is 3. The Bertz CT molecular complexity index is 1400. The lowest BCUT2D eigenvalue weighted by Gasteiger charge is -2.10. The number of carbonyl (C=O) groups is 1. The van der Waals surface area contributed by atoms with E-state index in [1.165, 1.54) is 54.7 Å². The fraction of sp³-hybridized carbons (Fsp3) is 0.0500. The minimum Gasteiger partial charge on any atom is -0.277 e. The largest absolute Gasteiger partial charge is 0.281 e. The van der Waals surface area contributed by atoms with Crippen molar-refractivity contribution in [2.75, 3.05) is 5.43 Å². The quantitative estimate of drug-likeness (QED) is 0.254. The van der Waals surface area contributed by atoms with E-state index in [4.69, 9.17) is 5.14 Å². The van der Waals surface area contributed by atoms with Crippen molar-refractivity contribution >= 4 is 53.5 Å². The van der Waals surface area contributed by atoms with Crippen molar-refractivity contribution in [1.29, 1.82) is 0 Å². The van der Waals surface area contributed by atoms with Gasteiger partial charge in [-0.3, -0.25) is 10.2 Å². The van der Waals surface area contributed by atoms with Crippen LogP contribution < -0.4 is 16.0 Å². The molecule has 3 aromatic rings. The van der Waals surface area contributed by atoms with Crippen LogP contribution >= 0.6 is 11.3 Å². The summed E-state index contributed by atoms with van der Waals surface area (Å²) in [7, 11) is -7.99. The van der Waals surface area contributed by atoms with Crippen molar-refractivity contribution in [2.45, 2.75) is 16.7 Å². The average Bonchev–Trinajstić information content (AvgIpc) is 3.33. The molecule has 13 heteroatoms. The molecule has 0 spiro atoms. The van der Waals surface area contributed by atoms with Gasteiger partial charge < -0.3 is 0 Å². The fourth-order valence-corrected chi connectivity index (χ4v) is 4.99. The normalized spacial score (nSPS) is 12.9. The van der Waals surface area contributed by atoms with Gasteiger partial charge in [-0.15, -0.1) is 11.3 Å². The second kappa shape index (κ2) is 10.0. The summed E-state index contributed by atoms with van der Waals surface area (Å²) in [5, 5.41) is 14.3. The molecular weight excluding hydrogens is 486 g/mol. The number of nitrogens with two attached hydrogens (primary N) is 1. The van der Waals surface area contributed by atoms with Crippen LogP contribution in [0.5, 0.6) is 0 Å². The first-order chi connectivity index (χ1) is 15.6. The second-order valence-corrected chi connectivity index (χ2v) is 10.9. The van der Waals surface area contributed by atoms with E-state index >= 15 is 0 Å². The Morgan fingerprint density at radius 2 is 1.55 bits per heavy atom. The Hall–Kier alpha value is -3.39.